The lowest BCUT2D eigenvalue weighted by molar-refractivity contribution is 0.165. The molecular weight excluding hydrogens is 278 g/mol. The van der Waals surface area contributed by atoms with Gasteiger partial charge in [-0.15, -0.1) is 0 Å². The average molecular weight is 301 g/mol. The third-order valence-electron chi connectivity index (χ3n) is 4.49. The second kappa shape index (κ2) is 5.43. The van der Waals surface area contributed by atoms with Crippen molar-refractivity contribution in [2.45, 2.75) is 46.3 Å². The zero-order valence-electron chi connectivity index (χ0n) is 13.2. The molecule has 2 atom stereocenters. The van der Waals surface area contributed by atoms with Crippen molar-refractivity contribution in [3.8, 4) is 0 Å². The molecule has 0 saturated heterocycles. The highest BCUT2D eigenvalue weighted by Crippen LogP contribution is 2.33. The molecule has 2 heterocycles. The summed E-state index contributed by atoms with van der Waals surface area (Å²) in [6.45, 7) is 10.8. The fraction of sp³-hybridized carbons (Fsp3) is 0.471. The second-order valence-electron chi connectivity index (χ2n) is 6.29. The molecule has 1 aromatic heterocycles. The van der Waals surface area contributed by atoms with Crippen LogP contribution in [-0.4, -0.2) is 27.0 Å². The molecule has 2 unspecified atom stereocenters. The van der Waals surface area contributed by atoms with Crippen molar-refractivity contribution in [2.24, 2.45) is 0 Å². The Morgan fingerprint density at radius 1 is 1.38 bits per heavy atom. The molecule has 1 aliphatic heterocycles. The fourth-order valence-corrected chi connectivity index (χ4v) is 3.59. The Morgan fingerprint density at radius 2 is 2.14 bits per heavy atom. The van der Waals surface area contributed by atoms with E-state index in [4.69, 9.17) is 12.2 Å². The van der Waals surface area contributed by atoms with E-state index in [0.29, 0.717) is 12.1 Å². The standard InChI is InChI=1S/C17H23N3S/c1-11(2)8-9-19-12(3)10-20-16-14(13(19)4)6-5-7-15(16)18-17(20)21/h5-8,12-13H,9-10H2,1-4H3,(H,18,21). The first kappa shape index (κ1) is 14.5. The monoisotopic (exact) mass is 301 g/mol. The maximum atomic E-state index is 5.52. The molecule has 0 spiro atoms. The van der Waals surface area contributed by atoms with E-state index in [1.54, 1.807) is 0 Å². The van der Waals surface area contributed by atoms with Crippen molar-refractivity contribution in [1.29, 1.82) is 0 Å². The number of imidazole rings is 1. The average Bonchev–Trinajstić information content (AvgIpc) is 2.68. The van der Waals surface area contributed by atoms with Crippen LogP contribution in [0.3, 0.4) is 0 Å². The molecule has 0 saturated carbocycles. The van der Waals surface area contributed by atoms with Gasteiger partial charge in [0, 0.05) is 25.2 Å². The first-order valence-electron chi connectivity index (χ1n) is 7.59. The number of nitrogens with zero attached hydrogens (tertiary/aromatic N) is 2. The summed E-state index contributed by atoms with van der Waals surface area (Å²) in [5, 5.41) is 0. The Labute approximate surface area is 131 Å². The summed E-state index contributed by atoms with van der Waals surface area (Å²) in [6.07, 6.45) is 2.31. The molecule has 0 bridgehead atoms. The molecule has 4 heteroatoms. The highest BCUT2D eigenvalue weighted by molar-refractivity contribution is 7.71. The van der Waals surface area contributed by atoms with Gasteiger partial charge in [0.2, 0.25) is 0 Å². The molecule has 0 aliphatic carbocycles. The van der Waals surface area contributed by atoms with Gasteiger partial charge in [-0.1, -0.05) is 23.8 Å². The van der Waals surface area contributed by atoms with Gasteiger partial charge in [-0.05, 0) is 51.5 Å². The van der Waals surface area contributed by atoms with Gasteiger partial charge in [0.05, 0.1) is 11.0 Å². The molecule has 2 aromatic rings. The van der Waals surface area contributed by atoms with Crippen molar-refractivity contribution < 1.29 is 0 Å². The number of aromatic amines is 1. The molecule has 21 heavy (non-hydrogen) atoms. The Hall–Kier alpha value is -1.39. The third kappa shape index (κ3) is 2.47. The number of hydrogen-bond donors (Lipinski definition) is 1. The van der Waals surface area contributed by atoms with Crippen LogP contribution < -0.4 is 0 Å². The molecule has 1 aromatic carbocycles. The maximum Gasteiger partial charge on any atom is 0.178 e. The lowest BCUT2D eigenvalue weighted by Crippen LogP contribution is -2.36. The summed E-state index contributed by atoms with van der Waals surface area (Å²) < 4.78 is 3.10. The van der Waals surface area contributed by atoms with E-state index in [-0.39, 0.29) is 0 Å². The van der Waals surface area contributed by atoms with E-state index < -0.39 is 0 Å². The van der Waals surface area contributed by atoms with Gasteiger partial charge in [-0.25, -0.2) is 0 Å². The lowest BCUT2D eigenvalue weighted by atomic mass is 10.0. The summed E-state index contributed by atoms with van der Waals surface area (Å²) in [4.78, 5) is 5.90. The van der Waals surface area contributed by atoms with Crippen molar-refractivity contribution in [2.75, 3.05) is 6.54 Å². The van der Waals surface area contributed by atoms with Gasteiger partial charge < -0.3 is 9.55 Å². The highest BCUT2D eigenvalue weighted by Gasteiger charge is 2.27. The van der Waals surface area contributed by atoms with E-state index in [9.17, 15) is 0 Å². The second-order valence-corrected chi connectivity index (χ2v) is 6.67. The van der Waals surface area contributed by atoms with Crippen LogP contribution in [0.1, 0.15) is 39.3 Å². The summed E-state index contributed by atoms with van der Waals surface area (Å²) in [7, 11) is 0. The summed E-state index contributed by atoms with van der Waals surface area (Å²) in [6, 6.07) is 7.32. The predicted octanol–water partition coefficient (Wildman–Crippen LogP) is 4.43. The molecular formula is C17H23N3S. The predicted molar refractivity (Wildman–Crippen MR) is 91.1 cm³/mol. The van der Waals surface area contributed by atoms with Crippen LogP contribution in [0.25, 0.3) is 11.0 Å². The fourth-order valence-electron chi connectivity index (χ4n) is 3.31. The van der Waals surface area contributed by atoms with E-state index >= 15 is 0 Å². The number of para-hydroxylation sites is 1. The third-order valence-corrected chi connectivity index (χ3v) is 4.82. The number of aromatic nitrogens is 2. The number of rotatable bonds is 2. The van der Waals surface area contributed by atoms with Gasteiger partial charge >= 0.3 is 0 Å². The number of hydrogen-bond acceptors (Lipinski definition) is 2. The normalized spacial score (nSPS) is 22.3. The SMILES string of the molecule is CC(C)=CCN1C(C)Cn2c(=S)[nH]c3cccc(c32)C1C. The van der Waals surface area contributed by atoms with Crippen LogP contribution in [-0.2, 0) is 6.54 Å². The molecule has 0 fully saturated rings. The number of nitrogens with one attached hydrogen (secondary N) is 1. The molecule has 3 rings (SSSR count). The van der Waals surface area contributed by atoms with Crippen LogP contribution in [0.5, 0.6) is 0 Å². The van der Waals surface area contributed by atoms with Crippen molar-refractivity contribution in [3.05, 3.63) is 40.2 Å². The van der Waals surface area contributed by atoms with E-state index in [2.05, 4.69) is 66.4 Å². The van der Waals surface area contributed by atoms with Gasteiger partial charge in [0.25, 0.3) is 0 Å². The molecule has 1 N–H and O–H groups in total. The summed E-state index contributed by atoms with van der Waals surface area (Å²) in [5.74, 6) is 0. The minimum absolute atomic E-state index is 0.387. The molecule has 0 radical (unpaired) electrons. The highest BCUT2D eigenvalue weighted by atomic mass is 32.1. The Kier molecular flexibility index (Phi) is 3.76. The number of allylic oxidation sites excluding steroid dienone is 1. The smallest absolute Gasteiger partial charge is 0.178 e. The summed E-state index contributed by atoms with van der Waals surface area (Å²) >= 11 is 5.52. The van der Waals surface area contributed by atoms with Crippen molar-refractivity contribution >= 4 is 23.3 Å². The maximum absolute atomic E-state index is 5.52. The minimum atomic E-state index is 0.387. The van der Waals surface area contributed by atoms with Crippen molar-refractivity contribution in [3.63, 3.8) is 0 Å². The largest absolute Gasteiger partial charge is 0.331 e. The van der Waals surface area contributed by atoms with Crippen molar-refractivity contribution in [1.82, 2.24) is 14.5 Å². The molecule has 112 valence electrons. The zero-order valence-corrected chi connectivity index (χ0v) is 14.0. The number of benzene rings is 1. The van der Waals surface area contributed by atoms with Gasteiger partial charge in [-0.3, -0.25) is 4.90 Å². The van der Waals surface area contributed by atoms with Crippen LogP contribution in [0, 0.1) is 4.77 Å². The van der Waals surface area contributed by atoms with Crippen LogP contribution in [0.15, 0.2) is 29.8 Å². The van der Waals surface area contributed by atoms with Crippen LogP contribution >= 0.6 is 12.2 Å². The molecule has 3 nitrogen and oxygen atoms in total. The van der Waals surface area contributed by atoms with Gasteiger partial charge in [0.15, 0.2) is 4.77 Å². The Bertz CT molecular complexity index is 749. The topological polar surface area (TPSA) is 24.0 Å². The lowest BCUT2D eigenvalue weighted by Gasteiger charge is -2.32. The molecule has 0 amide bonds. The van der Waals surface area contributed by atoms with E-state index in [0.717, 1.165) is 23.4 Å². The minimum Gasteiger partial charge on any atom is -0.331 e. The first-order valence-corrected chi connectivity index (χ1v) is 8.00. The zero-order chi connectivity index (χ0) is 15.1. The van der Waals surface area contributed by atoms with Gasteiger partial charge in [0.1, 0.15) is 0 Å². The summed E-state index contributed by atoms with van der Waals surface area (Å²) in [5.41, 5.74) is 5.17. The van der Waals surface area contributed by atoms with Crippen LogP contribution in [0.4, 0.5) is 0 Å². The Balaban J connectivity index is 2.13. The van der Waals surface area contributed by atoms with Gasteiger partial charge in [-0.2, -0.15) is 0 Å². The molecule has 1 aliphatic rings. The van der Waals surface area contributed by atoms with Crippen LogP contribution in [0.2, 0.25) is 0 Å². The Morgan fingerprint density at radius 3 is 2.86 bits per heavy atom. The quantitative estimate of drug-likeness (QED) is 0.655. The number of H-pyrrole nitrogens is 1. The van der Waals surface area contributed by atoms with E-state index in [1.807, 2.05) is 0 Å². The first-order chi connectivity index (χ1) is 9.99. The van der Waals surface area contributed by atoms with E-state index in [1.165, 1.54) is 16.7 Å².